The molecule has 0 spiro atoms. The van der Waals surface area contributed by atoms with Gasteiger partial charge in [0, 0.05) is 45.3 Å². The number of thioether (sulfide) groups is 2. The molecule has 10 rings (SSSR count). The maximum Gasteiger partial charge on any atom is 0.416 e. The number of hydrogen-bond acceptors (Lipinski definition) is 5. The summed E-state index contributed by atoms with van der Waals surface area (Å²) in [6.07, 6.45) is 9.97. The predicted molar refractivity (Wildman–Crippen MR) is 283 cm³/mol. The summed E-state index contributed by atoms with van der Waals surface area (Å²) >= 11 is 7.43. The molecule has 1 aliphatic carbocycles. The normalized spacial score (nSPS) is 14.2. The monoisotopic (exact) mass is 1110 g/mol. The summed E-state index contributed by atoms with van der Waals surface area (Å²) in [5.41, 5.74) is 0.180. The third kappa shape index (κ3) is 11.3. The first-order chi connectivity index (χ1) is 34.7. The molecule has 0 nitrogen and oxygen atoms in total. The van der Waals surface area contributed by atoms with Crippen molar-refractivity contribution < 1.29 is 57.1 Å². The average molecular weight is 1110 g/mol. The molecule has 18 heteroatoms. The van der Waals surface area contributed by atoms with Gasteiger partial charge in [-0.3, -0.25) is 0 Å². The van der Waals surface area contributed by atoms with Crippen LogP contribution in [0.5, 0.6) is 0 Å². The van der Waals surface area contributed by atoms with Crippen molar-refractivity contribution in [3.8, 4) is 11.1 Å². The van der Waals surface area contributed by atoms with Crippen molar-refractivity contribution in [3.05, 3.63) is 190 Å². The molecule has 8 aromatic rings. The summed E-state index contributed by atoms with van der Waals surface area (Å²) in [6, 6.07) is 18.7. The van der Waals surface area contributed by atoms with Crippen LogP contribution in [0.1, 0.15) is 50.6 Å². The van der Waals surface area contributed by atoms with Gasteiger partial charge in [0.25, 0.3) is 0 Å². The minimum absolute atomic E-state index is 0.161. The zero-order valence-corrected chi connectivity index (χ0v) is 43.6. The van der Waals surface area contributed by atoms with E-state index in [0.717, 1.165) is 56.2 Å². The number of benzene rings is 5. The van der Waals surface area contributed by atoms with Crippen LogP contribution in [-0.2, 0) is 0 Å². The Hall–Kier alpha value is -5.53. The van der Waals surface area contributed by atoms with Crippen molar-refractivity contribution in [2.45, 2.75) is 50.9 Å². The van der Waals surface area contributed by atoms with E-state index in [2.05, 4.69) is 50.8 Å². The van der Waals surface area contributed by atoms with Crippen LogP contribution >= 0.6 is 57.5 Å². The second-order valence-electron chi connectivity index (χ2n) is 15.4. The Morgan fingerprint density at radius 3 is 1.60 bits per heavy atom. The molecule has 0 saturated heterocycles. The molecule has 0 radical (unpaired) electrons. The predicted octanol–water partition coefficient (Wildman–Crippen LogP) is 20.8. The van der Waals surface area contributed by atoms with Gasteiger partial charge in [0.15, 0.2) is 46.5 Å². The highest BCUT2D eigenvalue weighted by Gasteiger charge is 2.32. The smallest absolute Gasteiger partial charge is 0.203 e. The van der Waals surface area contributed by atoms with E-state index >= 15 is 0 Å². The number of rotatable bonds is 4. The van der Waals surface area contributed by atoms with Gasteiger partial charge in [-0.15, -0.1) is 45.8 Å². The molecule has 5 aromatic carbocycles. The number of thiophene rings is 3. The number of halogens is 13. The second kappa shape index (κ2) is 23.8. The third-order valence-corrected chi connectivity index (χ3v) is 16.1. The van der Waals surface area contributed by atoms with Crippen LogP contribution in [0.2, 0.25) is 0 Å². The number of fused-ring (bicyclic) bond motifs is 10. The van der Waals surface area contributed by atoms with Gasteiger partial charge in [-0.25, -0.2) is 43.9 Å². The molecule has 1 unspecified atom stereocenters. The van der Waals surface area contributed by atoms with Crippen molar-refractivity contribution >= 4 is 114 Å². The van der Waals surface area contributed by atoms with Crippen LogP contribution in [0, 0.1) is 58.2 Å². The Balaban J connectivity index is 0.000000301. The number of allylic oxidation sites excluding steroid dienone is 9. The minimum Gasteiger partial charge on any atom is -0.203 e. The van der Waals surface area contributed by atoms with Crippen LogP contribution in [0.25, 0.3) is 67.5 Å². The third-order valence-electron chi connectivity index (χ3n) is 11.0. The van der Waals surface area contributed by atoms with E-state index in [-0.39, 0.29) is 16.4 Å². The molecular weight excluding hydrogens is 1070 g/mol. The van der Waals surface area contributed by atoms with Crippen LogP contribution in [0.3, 0.4) is 0 Å². The van der Waals surface area contributed by atoms with Gasteiger partial charge in [0.05, 0.1) is 26.1 Å². The SMILES string of the molecule is C/C=C(\C)c1ccccc1.C=C/C(=C\C)C(F)(F)F.CC.CSC.Fc1c(F)c(F)c(C2=CC3=CC(C=C2)Sc2c3sc3cc4c(cc23)sc2c3cc(-c5c(F)c(F)c(F)c(F)c5F)ccc3sc42)c(F)c1F. The lowest BCUT2D eigenvalue weighted by atomic mass is 10.0. The Morgan fingerprint density at radius 1 is 0.603 bits per heavy atom. The molecule has 0 fully saturated rings. The maximum absolute atomic E-state index is 14.8. The molecule has 2 bridgehead atoms. The van der Waals surface area contributed by atoms with E-state index in [1.165, 1.54) is 88.1 Å². The first-order valence-corrected chi connectivity index (χ1v) is 26.8. The zero-order valence-electron chi connectivity index (χ0n) is 39.6. The molecule has 2 aliphatic rings. The van der Waals surface area contributed by atoms with E-state index in [9.17, 15) is 57.1 Å². The van der Waals surface area contributed by atoms with Crippen molar-refractivity contribution in [2.24, 2.45) is 0 Å². The van der Waals surface area contributed by atoms with Gasteiger partial charge in [-0.05, 0) is 91.5 Å². The molecule has 382 valence electrons. The van der Waals surface area contributed by atoms with Crippen molar-refractivity contribution in [2.75, 3.05) is 12.5 Å². The summed E-state index contributed by atoms with van der Waals surface area (Å²) in [5.74, 6) is -20.2. The van der Waals surface area contributed by atoms with Crippen LogP contribution in [0.15, 0.2) is 120 Å². The van der Waals surface area contributed by atoms with Crippen molar-refractivity contribution in [1.82, 2.24) is 0 Å². The molecule has 0 N–H and O–H groups in total. The molecule has 0 amide bonds. The molecule has 0 saturated carbocycles. The summed E-state index contributed by atoms with van der Waals surface area (Å²) in [4.78, 5) is 1.64. The fourth-order valence-corrected chi connectivity index (χ4v) is 12.7. The first kappa shape index (κ1) is 56.8. The molecule has 73 heavy (non-hydrogen) atoms. The molecule has 4 heterocycles. The fourth-order valence-electron chi connectivity index (χ4n) is 7.47. The lowest BCUT2D eigenvalue weighted by molar-refractivity contribution is -0.0882. The number of alkyl halides is 3. The topological polar surface area (TPSA) is 0 Å². The summed E-state index contributed by atoms with van der Waals surface area (Å²) < 4.78 is 181. The summed E-state index contributed by atoms with van der Waals surface area (Å²) in [5, 5.41) is 2.05. The van der Waals surface area contributed by atoms with E-state index in [0.29, 0.717) is 11.0 Å². The number of hydrogen-bond donors (Lipinski definition) is 0. The van der Waals surface area contributed by atoms with Gasteiger partial charge in [-0.1, -0.05) is 93.3 Å². The highest BCUT2D eigenvalue weighted by Crippen LogP contribution is 2.53. The van der Waals surface area contributed by atoms with E-state index < -0.39 is 81.0 Å². The van der Waals surface area contributed by atoms with Crippen LogP contribution in [0.4, 0.5) is 57.1 Å². The van der Waals surface area contributed by atoms with Gasteiger partial charge in [-0.2, -0.15) is 24.9 Å². The largest absolute Gasteiger partial charge is 0.416 e. The highest BCUT2D eigenvalue weighted by atomic mass is 32.2. The Bertz CT molecular complexity index is 3490. The van der Waals surface area contributed by atoms with Gasteiger partial charge in [0.1, 0.15) is 0 Å². The highest BCUT2D eigenvalue weighted by molar-refractivity contribution is 8.00. The van der Waals surface area contributed by atoms with Crippen molar-refractivity contribution in [3.63, 3.8) is 0 Å². The standard InChI is InChI=1S/C35H10F10S4.C10H12.C6H7F3.C2H6S.C2H6/c36-22-20(23(37)27(41)30(44)26(22)40)10-1-3-13-6-12(5-10)32-33(46-13)15-8-19-16(9-18(15)48-32)35-34(49-19)14-7-11(2-4-17(14)47-35)21-24(38)28(42)31(45)29(43)25(21)39;1-3-9(2)10-7-5-4-6-8-10;1-3-5(4-2)6(7,8)9;1-3-2;1-2/h1-9,13H;3-8H,1-2H3;3-4H,1H2,2H3;1-2H3;1-2H3/b;9-3+;5-4+;;. The fraction of sp³-hybridized carbons (Fsp3) is 0.164. The van der Waals surface area contributed by atoms with Crippen molar-refractivity contribution in [1.29, 1.82) is 0 Å². The molecule has 3 aromatic heterocycles. The Kier molecular flexibility index (Phi) is 18.5. The summed E-state index contributed by atoms with van der Waals surface area (Å²) in [7, 11) is 0. The first-order valence-electron chi connectivity index (χ1n) is 21.8. The molecule has 1 aliphatic heterocycles. The van der Waals surface area contributed by atoms with Gasteiger partial charge < -0.3 is 0 Å². The van der Waals surface area contributed by atoms with E-state index in [1.54, 1.807) is 23.9 Å². The van der Waals surface area contributed by atoms with Crippen LogP contribution in [-0.4, -0.2) is 23.9 Å². The Morgan fingerprint density at radius 2 is 1.10 bits per heavy atom. The zero-order chi connectivity index (χ0) is 53.8. The summed E-state index contributed by atoms with van der Waals surface area (Å²) in [6.45, 7) is 12.5. The second-order valence-corrected chi connectivity index (χ2v) is 20.6. The molecular formula is C55H41F13S5. The lowest BCUT2D eigenvalue weighted by Crippen LogP contribution is -2.08. The molecule has 1 atom stereocenters. The maximum atomic E-state index is 14.8. The van der Waals surface area contributed by atoms with E-state index in [1.807, 2.05) is 50.6 Å². The van der Waals surface area contributed by atoms with Gasteiger partial charge in [0.2, 0.25) is 11.6 Å². The quantitative estimate of drug-likeness (QED) is 0.0746. The van der Waals surface area contributed by atoms with Crippen LogP contribution < -0.4 is 0 Å². The van der Waals surface area contributed by atoms with E-state index in [4.69, 9.17) is 0 Å². The Labute approximate surface area is 432 Å². The minimum atomic E-state index is -4.24. The lowest BCUT2D eigenvalue weighted by Gasteiger charge is -2.16. The van der Waals surface area contributed by atoms with Gasteiger partial charge >= 0.3 is 6.18 Å². The average Bonchev–Trinajstić information content (AvgIpc) is 4.01.